The smallest absolute Gasteiger partial charge is 0.238 e. The maximum atomic E-state index is 11.7. The van der Waals surface area contributed by atoms with Crippen molar-refractivity contribution >= 4 is 11.6 Å². The first-order valence-corrected chi connectivity index (χ1v) is 7.35. The number of nitrogens with one attached hydrogen (secondary N) is 2. The molecule has 0 aliphatic heterocycles. The van der Waals surface area contributed by atoms with Crippen LogP contribution in [0.3, 0.4) is 0 Å². The van der Waals surface area contributed by atoms with E-state index in [9.17, 15) is 4.79 Å². The monoisotopic (exact) mass is 278 g/mol. The van der Waals surface area contributed by atoms with Crippen molar-refractivity contribution in [3.8, 4) is 5.75 Å². The van der Waals surface area contributed by atoms with E-state index in [0.717, 1.165) is 30.8 Å². The minimum atomic E-state index is -0.0298. The average molecular weight is 278 g/mol. The van der Waals surface area contributed by atoms with Crippen LogP contribution in [0.15, 0.2) is 24.3 Å². The summed E-state index contributed by atoms with van der Waals surface area (Å²) in [6, 6.07) is 7.52. The summed E-state index contributed by atoms with van der Waals surface area (Å²) in [5.41, 5.74) is 0.773. The van der Waals surface area contributed by atoms with Gasteiger partial charge >= 0.3 is 0 Å². The Labute approximate surface area is 121 Å². The lowest BCUT2D eigenvalue weighted by atomic mass is 10.1. The Bertz CT molecular complexity index is 405. The molecule has 0 heterocycles. The van der Waals surface area contributed by atoms with Crippen LogP contribution in [0.5, 0.6) is 5.75 Å². The standard InChI is InChI=1S/C16H26N2O2/c1-4-9-17-12-16(19)18-14-6-5-7-15(11-14)20-10-8-13(2)3/h5-7,11,13,17H,4,8-10,12H2,1-3H3,(H,18,19). The SMILES string of the molecule is CCCNCC(=O)Nc1cccc(OCCC(C)C)c1. The first-order chi connectivity index (χ1) is 9.61. The number of anilines is 1. The van der Waals surface area contributed by atoms with Gasteiger partial charge in [0.2, 0.25) is 5.91 Å². The van der Waals surface area contributed by atoms with Crippen LogP contribution in [0.1, 0.15) is 33.6 Å². The fourth-order valence-corrected chi connectivity index (χ4v) is 1.66. The van der Waals surface area contributed by atoms with Crippen molar-refractivity contribution in [2.75, 3.05) is 25.0 Å². The number of hydrogen-bond donors (Lipinski definition) is 2. The number of rotatable bonds is 9. The van der Waals surface area contributed by atoms with Crippen molar-refractivity contribution in [3.63, 3.8) is 0 Å². The highest BCUT2D eigenvalue weighted by atomic mass is 16.5. The Balaban J connectivity index is 2.40. The molecule has 0 radical (unpaired) electrons. The third-order valence-corrected chi connectivity index (χ3v) is 2.79. The Morgan fingerprint density at radius 1 is 1.35 bits per heavy atom. The predicted molar refractivity (Wildman–Crippen MR) is 83.2 cm³/mol. The van der Waals surface area contributed by atoms with Gasteiger partial charge in [-0.1, -0.05) is 26.8 Å². The molecule has 112 valence electrons. The van der Waals surface area contributed by atoms with Gasteiger partial charge < -0.3 is 15.4 Å². The van der Waals surface area contributed by atoms with Crippen LogP contribution < -0.4 is 15.4 Å². The highest BCUT2D eigenvalue weighted by Crippen LogP contribution is 2.17. The Hall–Kier alpha value is -1.55. The van der Waals surface area contributed by atoms with Gasteiger partial charge in [0.05, 0.1) is 13.2 Å². The van der Waals surface area contributed by atoms with E-state index in [0.29, 0.717) is 19.1 Å². The highest BCUT2D eigenvalue weighted by Gasteiger charge is 2.03. The average Bonchev–Trinajstić information content (AvgIpc) is 2.39. The summed E-state index contributed by atoms with van der Waals surface area (Å²) in [5, 5.41) is 5.93. The van der Waals surface area contributed by atoms with Gasteiger partial charge in [-0.05, 0) is 37.4 Å². The van der Waals surface area contributed by atoms with E-state index in [1.807, 2.05) is 24.3 Å². The van der Waals surface area contributed by atoms with Gasteiger partial charge in [-0.25, -0.2) is 0 Å². The van der Waals surface area contributed by atoms with Gasteiger partial charge in [0, 0.05) is 11.8 Å². The maximum Gasteiger partial charge on any atom is 0.238 e. The summed E-state index contributed by atoms with van der Waals surface area (Å²) in [5.74, 6) is 1.39. The predicted octanol–water partition coefficient (Wildman–Crippen LogP) is 3.05. The molecule has 0 spiro atoms. The van der Waals surface area contributed by atoms with Crippen LogP contribution in [-0.2, 0) is 4.79 Å². The second-order valence-corrected chi connectivity index (χ2v) is 5.28. The number of hydrogen-bond acceptors (Lipinski definition) is 3. The lowest BCUT2D eigenvalue weighted by Gasteiger charge is -2.10. The summed E-state index contributed by atoms with van der Waals surface area (Å²) in [6.45, 7) is 8.31. The van der Waals surface area contributed by atoms with Crippen LogP contribution in [0.2, 0.25) is 0 Å². The molecule has 1 aromatic rings. The topological polar surface area (TPSA) is 50.4 Å². The summed E-state index contributed by atoms with van der Waals surface area (Å²) < 4.78 is 5.67. The Kier molecular flexibility index (Phi) is 7.73. The van der Waals surface area contributed by atoms with Crippen molar-refractivity contribution in [3.05, 3.63) is 24.3 Å². The van der Waals surface area contributed by atoms with E-state index < -0.39 is 0 Å². The Morgan fingerprint density at radius 3 is 2.85 bits per heavy atom. The fourth-order valence-electron chi connectivity index (χ4n) is 1.66. The second kappa shape index (κ2) is 9.37. The first kappa shape index (κ1) is 16.5. The summed E-state index contributed by atoms with van der Waals surface area (Å²) in [4.78, 5) is 11.7. The van der Waals surface area contributed by atoms with Gasteiger partial charge in [-0.3, -0.25) is 4.79 Å². The lowest BCUT2D eigenvalue weighted by Crippen LogP contribution is -2.28. The number of carbonyl (C=O) groups excluding carboxylic acids is 1. The van der Waals surface area contributed by atoms with E-state index in [4.69, 9.17) is 4.74 Å². The molecule has 4 heteroatoms. The van der Waals surface area contributed by atoms with Gasteiger partial charge in [-0.2, -0.15) is 0 Å². The number of benzene rings is 1. The van der Waals surface area contributed by atoms with Crippen LogP contribution in [0.25, 0.3) is 0 Å². The summed E-state index contributed by atoms with van der Waals surface area (Å²) >= 11 is 0. The lowest BCUT2D eigenvalue weighted by molar-refractivity contribution is -0.115. The molecule has 0 fully saturated rings. The maximum absolute atomic E-state index is 11.7. The normalized spacial score (nSPS) is 10.6. The van der Waals surface area contributed by atoms with Gasteiger partial charge in [0.15, 0.2) is 0 Å². The molecule has 0 aliphatic carbocycles. The quantitative estimate of drug-likeness (QED) is 0.683. The highest BCUT2D eigenvalue weighted by molar-refractivity contribution is 5.92. The van der Waals surface area contributed by atoms with E-state index in [2.05, 4.69) is 31.4 Å². The van der Waals surface area contributed by atoms with E-state index in [-0.39, 0.29) is 5.91 Å². The van der Waals surface area contributed by atoms with E-state index >= 15 is 0 Å². The van der Waals surface area contributed by atoms with Crippen molar-refractivity contribution in [1.82, 2.24) is 5.32 Å². The Morgan fingerprint density at radius 2 is 2.15 bits per heavy atom. The molecular formula is C16H26N2O2. The molecule has 0 aromatic heterocycles. The summed E-state index contributed by atoms with van der Waals surface area (Å²) in [7, 11) is 0. The molecule has 0 saturated heterocycles. The van der Waals surface area contributed by atoms with Crippen LogP contribution in [-0.4, -0.2) is 25.6 Å². The van der Waals surface area contributed by atoms with Gasteiger partial charge in [0.25, 0.3) is 0 Å². The van der Waals surface area contributed by atoms with E-state index in [1.165, 1.54) is 0 Å². The summed E-state index contributed by atoms with van der Waals surface area (Å²) in [6.07, 6.45) is 2.05. The van der Waals surface area contributed by atoms with Crippen molar-refractivity contribution in [2.45, 2.75) is 33.6 Å². The molecular weight excluding hydrogens is 252 g/mol. The van der Waals surface area contributed by atoms with E-state index in [1.54, 1.807) is 0 Å². The third-order valence-electron chi connectivity index (χ3n) is 2.79. The molecule has 0 bridgehead atoms. The fraction of sp³-hybridized carbons (Fsp3) is 0.562. The molecule has 0 saturated carbocycles. The van der Waals surface area contributed by atoms with Gasteiger partial charge in [-0.15, -0.1) is 0 Å². The molecule has 0 atom stereocenters. The molecule has 20 heavy (non-hydrogen) atoms. The number of ether oxygens (including phenoxy) is 1. The number of carbonyl (C=O) groups is 1. The van der Waals surface area contributed by atoms with Gasteiger partial charge in [0.1, 0.15) is 5.75 Å². The van der Waals surface area contributed by atoms with Crippen LogP contribution >= 0.6 is 0 Å². The van der Waals surface area contributed by atoms with Crippen molar-refractivity contribution in [1.29, 1.82) is 0 Å². The molecule has 0 aliphatic rings. The molecule has 4 nitrogen and oxygen atoms in total. The van der Waals surface area contributed by atoms with Crippen molar-refractivity contribution in [2.24, 2.45) is 5.92 Å². The molecule has 2 N–H and O–H groups in total. The molecule has 1 amide bonds. The first-order valence-electron chi connectivity index (χ1n) is 7.35. The zero-order valence-corrected chi connectivity index (χ0v) is 12.7. The minimum absolute atomic E-state index is 0.0298. The minimum Gasteiger partial charge on any atom is -0.494 e. The zero-order chi connectivity index (χ0) is 14.8. The molecule has 1 aromatic carbocycles. The zero-order valence-electron chi connectivity index (χ0n) is 12.7. The third kappa shape index (κ3) is 7.14. The second-order valence-electron chi connectivity index (χ2n) is 5.28. The van der Waals surface area contributed by atoms with Crippen LogP contribution in [0.4, 0.5) is 5.69 Å². The van der Waals surface area contributed by atoms with Crippen molar-refractivity contribution < 1.29 is 9.53 Å². The molecule has 1 rings (SSSR count). The largest absolute Gasteiger partial charge is 0.494 e. The number of amides is 1. The molecule has 0 unspecified atom stereocenters. The van der Waals surface area contributed by atoms with Crippen LogP contribution in [0, 0.1) is 5.92 Å².